The zero-order valence-corrected chi connectivity index (χ0v) is 13.5. The molecule has 19 heavy (non-hydrogen) atoms. The Morgan fingerprint density at radius 2 is 2.05 bits per heavy atom. The molecule has 3 nitrogen and oxygen atoms in total. The molecule has 0 heterocycles. The largest absolute Gasteiger partial charge is 0.494 e. The number of amides is 1. The molecule has 4 heteroatoms. The van der Waals surface area contributed by atoms with Gasteiger partial charge in [-0.1, -0.05) is 41.9 Å². The SMILES string of the molecule is CCOc1cccc(C(C)NC(=O)C(Br)C(C)C)c1. The first-order chi connectivity index (χ1) is 8.95. The van der Waals surface area contributed by atoms with Crippen molar-refractivity contribution < 1.29 is 9.53 Å². The van der Waals surface area contributed by atoms with Crippen molar-refractivity contribution in [2.24, 2.45) is 5.92 Å². The summed E-state index contributed by atoms with van der Waals surface area (Å²) in [6.07, 6.45) is 0. The van der Waals surface area contributed by atoms with Crippen molar-refractivity contribution in [1.82, 2.24) is 5.32 Å². The highest BCUT2D eigenvalue weighted by molar-refractivity contribution is 9.10. The second-order valence-electron chi connectivity index (χ2n) is 4.88. The number of ether oxygens (including phenoxy) is 1. The third-order valence-electron chi connectivity index (χ3n) is 2.86. The van der Waals surface area contributed by atoms with E-state index >= 15 is 0 Å². The van der Waals surface area contributed by atoms with Gasteiger partial charge in [0.2, 0.25) is 5.91 Å². The van der Waals surface area contributed by atoms with E-state index < -0.39 is 0 Å². The van der Waals surface area contributed by atoms with Crippen LogP contribution in [-0.4, -0.2) is 17.3 Å². The number of carbonyl (C=O) groups is 1. The maximum atomic E-state index is 12.0. The topological polar surface area (TPSA) is 38.3 Å². The minimum atomic E-state index is -0.162. The lowest BCUT2D eigenvalue weighted by molar-refractivity contribution is -0.121. The molecule has 0 bridgehead atoms. The second kappa shape index (κ2) is 7.53. The average Bonchev–Trinajstić information content (AvgIpc) is 2.38. The predicted octanol–water partition coefficient (Wildman–Crippen LogP) is 3.68. The first-order valence-corrected chi connectivity index (χ1v) is 7.54. The Kier molecular flexibility index (Phi) is 6.35. The van der Waals surface area contributed by atoms with E-state index in [9.17, 15) is 4.79 Å². The highest BCUT2D eigenvalue weighted by Gasteiger charge is 2.20. The van der Waals surface area contributed by atoms with Gasteiger partial charge in [0, 0.05) is 0 Å². The zero-order valence-electron chi connectivity index (χ0n) is 11.9. The number of nitrogens with one attached hydrogen (secondary N) is 1. The van der Waals surface area contributed by atoms with Gasteiger partial charge in [0.1, 0.15) is 5.75 Å². The molecule has 0 aliphatic carbocycles. The van der Waals surface area contributed by atoms with Gasteiger partial charge in [-0.2, -0.15) is 0 Å². The lowest BCUT2D eigenvalue weighted by Crippen LogP contribution is -2.35. The molecule has 2 unspecified atom stereocenters. The van der Waals surface area contributed by atoms with Gasteiger partial charge < -0.3 is 10.1 Å². The summed E-state index contributed by atoms with van der Waals surface area (Å²) >= 11 is 3.41. The van der Waals surface area contributed by atoms with E-state index in [1.54, 1.807) is 0 Å². The molecule has 0 saturated heterocycles. The highest BCUT2D eigenvalue weighted by atomic mass is 79.9. The van der Waals surface area contributed by atoms with E-state index in [0.29, 0.717) is 6.61 Å². The van der Waals surface area contributed by atoms with Crippen molar-refractivity contribution in [3.63, 3.8) is 0 Å². The molecular weight excluding hydrogens is 306 g/mol. The van der Waals surface area contributed by atoms with Crippen LogP contribution in [0.15, 0.2) is 24.3 Å². The number of carbonyl (C=O) groups excluding carboxylic acids is 1. The summed E-state index contributed by atoms with van der Waals surface area (Å²) in [6.45, 7) is 8.60. The summed E-state index contributed by atoms with van der Waals surface area (Å²) < 4.78 is 5.47. The Bertz CT molecular complexity index is 420. The van der Waals surface area contributed by atoms with Crippen LogP contribution in [0, 0.1) is 5.92 Å². The maximum absolute atomic E-state index is 12.0. The fourth-order valence-electron chi connectivity index (χ4n) is 1.72. The van der Waals surface area contributed by atoms with Gasteiger partial charge >= 0.3 is 0 Å². The van der Waals surface area contributed by atoms with E-state index in [-0.39, 0.29) is 22.7 Å². The van der Waals surface area contributed by atoms with E-state index in [4.69, 9.17) is 4.74 Å². The molecule has 1 N–H and O–H groups in total. The molecule has 2 atom stereocenters. The average molecular weight is 328 g/mol. The number of hydrogen-bond donors (Lipinski definition) is 1. The summed E-state index contributed by atoms with van der Waals surface area (Å²) in [4.78, 5) is 11.8. The van der Waals surface area contributed by atoms with E-state index in [2.05, 4.69) is 21.2 Å². The molecule has 1 aromatic rings. The van der Waals surface area contributed by atoms with Crippen LogP contribution < -0.4 is 10.1 Å². The molecule has 0 radical (unpaired) electrons. The van der Waals surface area contributed by atoms with Crippen molar-refractivity contribution in [2.45, 2.75) is 38.6 Å². The molecule has 0 aliphatic rings. The molecular formula is C15H22BrNO2. The molecule has 1 rings (SSSR count). The van der Waals surface area contributed by atoms with Crippen LogP contribution in [-0.2, 0) is 4.79 Å². The monoisotopic (exact) mass is 327 g/mol. The fourth-order valence-corrected chi connectivity index (χ4v) is 1.85. The van der Waals surface area contributed by atoms with E-state index in [0.717, 1.165) is 11.3 Å². The third-order valence-corrected chi connectivity index (χ3v) is 4.34. The van der Waals surface area contributed by atoms with Crippen LogP contribution in [0.1, 0.15) is 39.3 Å². The van der Waals surface area contributed by atoms with Crippen molar-refractivity contribution in [3.8, 4) is 5.75 Å². The van der Waals surface area contributed by atoms with Crippen LogP contribution in [0.5, 0.6) is 5.75 Å². The third kappa shape index (κ3) is 4.86. The van der Waals surface area contributed by atoms with E-state index in [1.807, 2.05) is 52.0 Å². The molecule has 1 aromatic carbocycles. The molecule has 0 spiro atoms. The van der Waals surface area contributed by atoms with Crippen molar-refractivity contribution in [2.75, 3.05) is 6.61 Å². The first-order valence-electron chi connectivity index (χ1n) is 6.63. The number of hydrogen-bond acceptors (Lipinski definition) is 2. The summed E-state index contributed by atoms with van der Waals surface area (Å²) in [5.74, 6) is 1.12. The van der Waals surface area contributed by atoms with Crippen molar-refractivity contribution >= 4 is 21.8 Å². The molecule has 0 aromatic heterocycles. The van der Waals surface area contributed by atoms with Gasteiger partial charge in [-0.25, -0.2) is 0 Å². The molecule has 0 fully saturated rings. The normalized spacial score (nSPS) is 14.0. The lowest BCUT2D eigenvalue weighted by atomic mass is 10.1. The lowest BCUT2D eigenvalue weighted by Gasteiger charge is -2.19. The Morgan fingerprint density at radius 1 is 1.37 bits per heavy atom. The van der Waals surface area contributed by atoms with Crippen LogP contribution >= 0.6 is 15.9 Å². The summed E-state index contributed by atoms with van der Waals surface area (Å²) in [6, 6.07) is 7.78. The molecule has 106 valence electrons. The maximum Gasteiger partial charge on any atom is 0.234 e. The Labute approximate surface area is 123 Å². The number of alkyl halides is 1. The van der Waals surface area contributed by atoms with Crippen molar-refractivity contribution in [1.29, 1.82) is 0 Å². The van der Waals surface area contributed by atoms with Gasteiger partial charge in [-0.05, 0) is 37.5 Å². The highest BCUT2D eigenvalue weighted by Crippen LogP contribution is 2.20. The van der Waals surface area contributed by atoms with Gasteiger partial charge in [-0.15, -0.1) is 0 Å². The van der Waals surface area contributed by atoms with Crippen LogP contribution in [0.2, 0.25) is 0 Å². The quantitative estimate of drug-likeness (QED) is 0.809. The minimum absolute atomic E-state index is 0.0179. The number of halogens is 1. The summed E-state index contributed by atoms with van der Waals surface area (Å²) in [7, 11) is 0. The standard InChI is InChI=1S/C15H22BrNO2/c1-5-19-13-8-6-7-12(9-13)11(4)17-15(18)14(16)10(2)3/h6-11,14H,5H2,1-4H3,(H,17,18). The van der Waals surface area contributed by atoms with Gasteiger partial charge in [0.15, 0.2) is 0 Å². The predicted molar refractivity (Wildman–Crippen MR) is 81.7 cm³/mol. The molecule has 1 amide bonds. The van der Waals surface area contributed by atoms with Crippen LogP contribution in [0.4, 0.5) is 0 Å². The number of rotatable bonds is 6. The van der Waals surface area contributed by atoms with E-state index in [1.165, 1.54) is 0 Å². The summed E-state index contributed by atoms with van der Waals surface area (Å²) in [5.41, 5.74) is 1.04. The first kappa shape index (κ1) is 16.0. The number of benzene rings is 1. The van der Waals surface area contributed by atoms with Crippen LogP contribution in [0.25, 0.3) is 0 Å². The van der Waals surface area contributed by atoms with Crippen molar-refractivity contribution in [3.05, 3.63) is 29.8 Å². The fraction of sp³-hybridized carbons (Fsp3) is 0.533. The second-order valence-corrected chi connectivity index (χ2v) is 5.87. The smallest absolute Gasteiger partial charge is 0.234 e. The van der Waals surface area contributed by atoms with Gasteiger partial charge in [0.25, 0.3) is 0 Å². The molecule has 0 saturated carbocycles. The molecule has 0 aliphatic heterocycles. The van der Waals surface area contributed by atoms with Crippen LogP contribution in [0.3, 0.4) is 0 Å². The summed E-state index contributed by atoms with van der Waals surface area (Å²) in [5, 5.41) is 3.01. The zero-order chi connectivity index (χ0) is 14.4. The minimum Gasteiger partial charge on any atom is -0.494 e. The van der Waals surface area contributed by atoms with Gasteiger partial charge in [-0.3, -0.25) is 4.79 Å². The Hall–Kier alpha value is -1.03. The Morgan fingerprint density at radius 3 is 2.63 bits per heavy atom. The Balaban J connectivity index is 2.69. The van der Waals surface area contributed by atoms with Gasteiger partial charge in [0.05, 0.1) is 17.5 Å².